The molecular formula is C23H21N3O4S. The number of aliphatic hydroxyl groups is 1. The number of nitrogens with zero attached hydrogens (tertiary/aromatic N) is 2. The van der Waals surface area contributed by atoms with Crippen LogP contribution >= 0.6 is 11.3 Å². The average molecular weight is 436 g/mol. The highest BCUT2D eigenvalue weighted by Gasteiger charge is 2.31. The lowest BCUT2D eigenvalue weighted by Gasteiger charge is -2.18. The third-order valence-corrected chi connectivity index (χ3v) is 5.95. The molecular weight excluding hydrogens is 414 g/mol. The summed E-state index contributed by atoms with van der Waals surface area (Å²) >= 11 is 1.36. The summed E-state index contributed by atoms with van der Waals surface area (Å²) in [4.78, 5) is 17.8. The molecule has 0 amide bonds. The van der Waals surface area contributed by atoms with Gasteiger partial charge in [-0.2, -0.15) is 0 Å². The second-order valence-electron chi connectivity index (χ2n) is 6.97. The van der Waals surface area contributed by atoms with Crippen LogP contribution in [0.15, 0.2) is 53.6 Å². The largest absolute Gasteiger partial charge is 0.510 e. The second kappa shape index (κ2) is 8.23. The molecule has 31 heavy (non-hydrogen) atoms. The Morgan fingerprint density at radius 3 is 2.48 bits per heavy atom. The Hall–Kier alpha value is -3.65. The highest BCUT2D eigenvalue weighted by atomic mass is 32.1. The van der Waals surface area contributed by atoms with Crippen molar-refractivity contribution >= 4 is 34.2 Å². The number of Topliss-reactive ketones (excluding diaryl/α,β-unsaturated/α-hetero) is 1. The van der Waals surface area contributed by atoms with Gasteiger partial charge in [-0.05, 0) is 49.4 Å². The van der Waals surface area contributed by atoms with Crippen molar-refractivity contribution in [2.45, 2.75) is 6.92 Å². The molecule has 2 N–H and O–H groups in total. The lowest BCUT2D eigenvalue weighted by molar-refractivity contribution is 0.101. The number of carbonyl (C=O) groups excluding carboxylic acids is 1. The summed E-state index contributed by atoms with van der Waals surface area (Å²) in [6.07, 6.45) is 0. The van der Waals surface area contributed by atoms with Crippen LogP contribution in [-0.2, 0) is 0 Å². The summed E-state index contributed by atoms with van der Waals surface area (Å²) in [7, 11) is 3.16. The predicted molar refractivity (Wildman–Crippen MR) is 122 cm³/mol. The standard InChI is InChI=1S/C23H21N3O4S/c1-13(27)14-4-7-16(8-5-14)26-11-18(28)21(22(26)24)23-25-17(12-31-23)15-6-9-19(29-2)20(10-15)30-3/h4-10,12,24,28H,11H2,1-3H3. The lowest BCUT2D eigenvalue weighted by atomic mass is 10.1. The quantitative estimate of drug-likeness (QED) is 0.540. The number of carbonyl (C=O) groups is 1. The molecule has 0 saturated heterocycles. The fourth-order valence-electron chi connectivity index (χ4n) is 3.42. The normalized spacial score (nSPS) is 13.6. The van der Waals surface area contributed by atoms with E-state index >= 15 is 0 Å². The number of aliphatic hydroxyl groups excluding tert-OH is 1. The third-order valence-electron chi connectivity index (χ3n) is 5.09. The van der Waals surface area contributed by atoms with Crippen molar-refractivity contribution in [3.05, 3.63) is 64.2 Å². The summed E-state index contributed by atoms with van der Waals surface area (Å²) in [5.41, 5.74) is 3.31. The predicted octanol–water partition coefficient (Wildman–Crippen LogP) is 4.80. The number of rotatable bonds is 6. The molecule has 1 aliphatic heterocycles. The van der Waals surface area contributed by atoms with Crippen molar-refractivity contribution < 1.29 is 19.4 Å². The number of thiazole rings is 1. The summed E-state index contributed by atoms with van der Waals surface area (Å²) in [5, 5.41) is 21.6. The zero-order valence-electron chi connectivity index (χ0n) is 17.3. The van der Waals surface area contributed by atoms with E-state index in [4.69, 9.17) is 14.9 Å². The topological polar surface area (TPSA) is 95.7 Å². The Morgan fingerprint density at radius 2 is 1.84 bits per heavy atom. The van der Waals surface area contributed by atoms with Crippen LogP contribution in [0.5, 0.6) is 11.5 Å². The molecule has 0 fully saturated rings. The van der Waals surface area contributed by atoms with Gasteiger partial charge in [-0.3, -0.25) is 10.2 Å². The summed E-state index contributed by atoms with van der Waals surface area (Å²) in [5.74, 6) is 1.47. The number of nitrogens with one attached hydrogen (secondary N) is 1. The number of ether oxygens (including phenoxy) is 2. The molecule has 7 nitrogen and oxygen atoms in total. The molecule has 0 saturated carbocycles. The fraction of sp³-hybridized carbons (Fsp3) is 0.174. The van der Waals surface area contributed by atoms with E-state index in [0.717, 1.165) is 16.9 Å². The van der Waals surface area contributed by atoms with Crippen molar-refractivity contribution in [2.75, 3.05) is 25.7 Å². The van der Waals surface area contributed by atoms with Crippen LogP contribution in [-0.4, -0.2) is 42.5 Å². The van der Waals surface area contributed by atoms with Gasteiger partial charge in [0.15, 0.2) is 17.3 Å². The first-order chi connectivity index (χ1) is 14.9. The van der Waals surface area contributed by atoms with Crippen LogP contribution in [0, 0.1) is 5.41 Å². The van der Waals surface area contributed by atoms with Gasteiger partial charge in [-0.1, -0.05) is 0 Å². The maximum atomic E-state index is 11.5. The Balaban J connectivity index is 1.61. The van der Waals surface area contributed by atoms with Crippen molar-refractivity contribution in [2.24, 2.45) is 0 Å². The number of aromatic nitrogens is 1. The number of hydrogen-bond acceptors (Lipinski definition) is 7. The Labute approximate surface area is 183 Å². The molecule has 0 aliphatic carbocycles. The van der Waals surface area contributed by atoms with Gasteiger partial charge in [-0.15, -0.1) is 11.3 Å². The molecule has 4 rings (SSSR count). The van der Waals surface area contributed by atoms with Gasteiger partial charge in [0.2, 0.25) is 0 Å². The molecule has 0 radical (unpaired) electrons. The van der Waals surface area contributed by atoms with Crippen LogP contribution in [0.2, 0.25) is 0 Å². The number of amidine groups is 1. The fourth-order valence-corrected chi connectivity index (χ4v) is 4.31. The molecule has 2 aromatic carbocycles. The van der Waals surface area contributed by atoms with Crippen molar-refractivity contribution in [3.63, 3.8) is 0 Å². The van der Waals surface area contributed by atoms with E-state index in [9.17, 15) is 9.90 Å². The van der Waals surface area contributed by atoms with Crippen LogP contribution in [0.3, 0.4) is 0 Å². The summed E-state index contributed by atoms with van der Waals surface area (Å²) < 4.78 is 10.6. The number of methoxy groups -OCH3 is 2. The molecule has 0 atom stereocenters. The highest BCUT2D eigenvalue weighted by molar-refractivity contribution is 7.11. The molecule has 3 aromatic rings. The Kier molecular flexibility index (Phi) is 5.48. The lowest BCUT2D eigenvalue weighted by Crippen LogP contribution is -2.26. The zero-order valence-corrected chi connectivity index (χ0v) is 18.1. The van der Waals surface area contributed by atoms with Gasteiger partial charge in [-0.25, -0.2) is 4.98 Å². The third kappa shape index (κ3) is 3.77. The van der Waals surface area contributed by atoms with Crippen LogP contribution in [0.1, 0.15) is 22.3 Å². The Morgan fingerprint density at radius 1 is 1.13 bits per heavy atom. The Bertz CT molecular complexity index is 1200. The molecule has 8 heteroatoms. The van der Waals surface area contributed by atoms with Gasteiger partial charge in [0, 0.05) is 22.2 Å². The van der Waals surface area contributed by atoms with Gasteiger partial charge >= 0.3 is 0 Å². The average Bonchev–Trinajstić information content (AvgIpc) is 3.37. The SMILES string of the molecule is COc1ccc(-c2csc(C3=C(O)CN(c4ccc(C(C)=O)cc4)C3=N)n2)cc1OC. The molecule has 0 spiro atoms. The van der Waals surface area contributed by atoms with Crippen molar-refractivity contribution in [1.29, 1.82) is 5.41 Å². The first-order valence-corrected chi connectivity index (χ1v) is 10.4. The highest BCUT2D eigenvalue weighted by Crippen LogP contribution is 2.36. The molecule has 0 bridgehead atoms. The van der Waals surface area contributed by atoms with Gasteiger partial charge in [0.25, 0.3) is 0 Å². The summed E-state index contributed by atoms with van der Waals surface area (Å²) in [6.45, 7) is 1.69. The summed E-state index contributed by atoms with van der Waals surface area (Å²) in [6, 6.07) is 12.5. The first kappa shape index (κ1) is 20.6. The van der Waals surface area contributed by atoms with E-state index in [1.165, 1.54) is 18.3 Å². The van der Waals surface area contributed by atoms with Crippen LogP contribution < -0.4 is 14.4 Å². The zero-order chi connectivity index (χ0) is 22.1. The van der Waals surface area contributed by atoms with E-state index in [0.29, 0.717) is 27.6 Å². The molecule has 1 aliphatic rings. The number of hydrogen-bond donors (Lipinski definition) is 2. The number of anilines is 1. The van der Waals surface area contributed by atoms with Crippen LogP contribution in [0.4, 0.5) is 5.69 Å². The number of benzene rings is 2. The van der Waals surface area contributed by atoms with Gasteiger partial charge < -0.3 is 19.5 Å². The maximum Gasteiger partial charge on any atom is 0.161 e. The van der Waals surface area contributed by atoms with E-state index in [2.05, 4.69) is 4.98 Å². The molecule has 1 aromatic heterocycles. The van der Waals surface area contributed by atoms with Gasteiger partial charge in [0.1, 0.15) is 16.6 Å². The maximum absolute atomic E-state index is 11.5. The van der Waals surface area contributed by atoms with Crippen LogP contribution in [0.25, 0.3) is 16.8 Å². The molecule has 0 unspecified atom stereocenters. The first-order valence-electron chi connectivity index (χ1n) is 9.50. The monoisotopic (exact) mass is 435 g/mol. The molecule has 158 valence electrons. The minimum Gasteiger partial charge on any atom is -0.510 e. The van der Waals surface area contributed by atoms with Crippen molar-refractivity contribution in [1.82, 2.24) is 4.98 Å². The minimum absolute atomic E-state index is 0.0183. The molecule has 2 heterocycles. The van der Waals surface area contributed by atoms with E-state index in [1.54, 1.807) is 43.4 Å². The second-order valence-corrected chi connectivity index (χ2v) is 7.83. The smallest absolute Gasteiger partial charge is 0.161 e. The van der Waals surface area contributed by atoms with E-state index in [-0.39, 0.29) is 23.9 Å². The van der Waals surface area contributed by atoms with E-state index < -0.39 is 0 Å². The van der Waals surface area contributed by atoms with E-state index in [1.807, 2.05) is 23.6 Å². The number of ketones is 1. The van der Waals surface area contributed by atoms with Gasteiger partial charge in [0.05, 0.1) is 32.0 Å². The van der Waals surface area contributed by atoms with Crippen molar-refractivity contribution in [3.8, 4) is 22.8 Å². The minimum atomic E-state index is -0.0183.